The van der Waals surface area contributed by atoms with E-state index in [4.69, 9.17) is 32.7 Å². The van der Waals surface area contributed by atoms with E-state index in [1.807, 2.05) is 23.1 Å². The number of ether oxygens (including phenoxy) is 2. The van der Waals surface area contributed by atoms with Crippen molar-refractivity contribution in [3.63, 3.8) is 0 Å². The van der Waals surface area contributed by atoms with Crippen molar-refractivity contribution in [3.8, 4) is 11.5 Å². The Morgan fingerprint density at radius 2 is 1.03 bits per heavy atom. The molecule has 21 heteroatoms. The first-order chi connectivity index (χ1) is 36.0. The maximum Gasteiger partial charge on any atom is 0.229 e. The minimum atomic E-state index is -3.54. The van der Waals surface area contributed by atoms with Gasteiger partial charge in [0.1, 0.15) is 21.5 Å². The third kappa shape index (κ3) is 14.8. The van der Waals surface area contributed by atoms with Crippen LogP contribution in [0.5, 0.6) is 11.5 Å². The Balaban J connectivity index is 0.000000219. The molecule has 2 aliphatic rings. The Hall–Kier alpha value is -6.25. The number of carbonyl (C=O) groups excluding carboxylic acids is 1. The third-order valence-corrected chi connectivity index (χ3v) is 17.8. The highest BCUT2D eigenvalue weighted by atomic mass is 35.5. The van der Waals surface area contributed by atoms with E-state index in [9.17, 15) is 21.6 Å². The fourth-order valence-electron chi connectivity index (χ4n) is 8.54. The van der Waals surface area contributed by atoms with Crippen LogP contribution in [0.2, 0.25) is 10.0 Å². The number of sulfone groups is 2. The quantitative estimate of drug-likeness (QED) is 0.0594. The molecule has 0 saturated carbocycles. The summed E-state index contributed by atoms with van der Waals surface area (Å²) in [4.78, 5) is 35.2. The maximum atomic E-state index is 12.9. The van der Waals surface area contributed by atoms with Gasteiger partial charge in [-0.15, -0.1) is 0 Å². The Kier molecular flexibility index (Phi) is 19.6. The van der Waals surface area contributed by atoms with Gasteiger partial charge in [0.2, 0.25) is 17.8 Å². The van der Waals surface area contributed by atoms with Crippen LogP contribution in [0.3, 0.4) is 0 Å². The van der Waals surface area contributed by atoms with Crippen LogP contribution in [0.1, 0.15) is 77.3 Å². The second-order valence-corrected chi connectivity index (χ2v) is 24.6. The molecule has 4 heterocycles. The molecule has 75 heavy (non-hydrogen) atoms. The first kappa shape index (κ1) is 56.5. The predicted molar refractivity (Wildman–Crippen MR) is 299 cm³/mol. The average molecular weight is 1100 g/mol. The van der Waals surface area contributed by atoms with Gasteiger partial charge in [0.15, 0.2) is 31.3 Å². The molecule has 400 valence electrons. The maximum absolute atomic E-state index is 12.9. The second-order valence-electron chi connectivity index (χ2n) is 18.8. The number of nitrogens with zero attached hydrogens (tertiary/aromatic N) is 6. The molecule has 0 atom stereocenters. The lowest BCUT2D eigenvalue weighted by atomic mass is 10.1. The summed E-state index contributed by atoms with van der Waals surface area (Å²) in [5, 5.41) is 11.8. The van der Waals surface area contributed by atoms with Crippen molar-refractivity contribution in [1.29, 1.82) is 0 Å². The summed E-state index contributed by atoms with van der Waals surface area (Å²) in [7, 11) is -3.88. The standard InChI is InChI=1S/C27H32ClN5O4S.C27H34ClN5O3S/c1-18(2)38(35,36)24-10-6-5-9-21(24)30-26-20(28)17-29-27(32-26)31-22-15-19(11-12-23(22)37-3)16-25(34)33-13-7-4-8-14-33;1-19(2)37(34,35)25-10-6-5-9-22(25)30-26-21(28)18-29-27(32-26)31-23-17-20(11-12-24(23)36-3)13-16-33-14-7-4-8-15-33/h5-6,9-12,15,17-18H,4,7-8,13-14,16H2,1-3H3,(H2,29,30,31,32);5-6,9-12,17-19H,4,7-8,13-16H2,1-3H3,(H2,29,30,31,32). The van der Waals surface area contributed by atoms with Crippen LogP contribution < -0.4 is 30.7 Å². The lowest BCUT2D eigenvalue weighted by Crippen LogP contribution is -2.36. The zero-order chi connectivity index (χ0) is 53.7. The predicted octanol–water partition coefficient (Wildman–Crippen LogP) is 11.2. The molecule has 17 nitrogen and oxygen atoms in total. The lowest BCUT2D eigenvalue weighted by Gasteiger charge is -2.26. The number of rotatable bonds is 19. The monoisotopic (exact) mass is 1100 g/mol. The summed E-state index contributed by atoms with van der Waals surface area (Å²) in [6.07, 6.45) is 11.2. The van der Waals surface area contributed by atoms with E-state index < -0.39 is 30.2 Å². The number of amides is 1. The number of anilines is 8. The van der Waals surface area contributed by atoms with Crippen LogP contribution in [0, 0.1) is 0 Å². The van der Waals surface area contributed by atoms with Crippen molar-refractivity contribution in [2.24, 2.45) is 0 Å². The number of methoxy groups -OCH3 is 2. The van der Waals surface area contributed by atoms with Crippen LogP contribution >= 0.6 is 23.2 Å². The number of nitrogens with one attached hydrogen (secondary N) is 4. The van der Waals surface area contributed by atoms with Crippen LogP contribution in [0.25, 0.3) is 0 Å². The molecule has 6 aromatic rings. The number of aromatic nitrogens is 4. The molecule has 2 aliphatic heterocycles. The smallest absolute Gasteiger partial charge is 0.229 e. The molecule has 2 fully saturated rings. The highest BCUT2D eigenvalue weighted by Crippen LogP contribution is 2.35. The van der Waals surface area contributed by atoms with E-state index in [1.54, 1.807) is 96.5 Å². The summed E-state index contributed by atoms with van der Waals surface area (Å²) in [5.41, 5.74) is 4.13. The van der Waals surface area contributed by atoms with Crippen LogP contribution in [0.4, 0.5) is 46.3 Å². The first-order valence-electron chi connectivity index (χ1n) is 25.1. The Morgan fingerprint density at radius 3 is 1.49 bits per heavy atom. The van der Waals surface area contributed by atoms with E-state index in [0.717, 1.165) is 69.7 Å². The number of hydrogen-bond donors (Lipinski definition) is 4. The molecular formula is C54H66Cl2N10O7S2. The van der Waals surface area contributed by atoms with Crippen molar-refractivity contribution < 1.29 is 31.1 Å². The molecule has 2 aromatic heterocycles. The summed E-state index contributed by atoms with van der Waals surface area (Å²) in [6, 6.07) is 24.9. The molecular weight excluding hydrogens is 1040 g/mol. The van der Waals surface area contributed by atoms with Gasteiger partial charge in [0.25, 0.3) is 0 Å². The van der Waals surface area contributed by atoms with Gasteiger partial charge in [-0.25, -0.2) is 26.8 Å². The van der Waals surface area contributed by atoms with Gasteiger partial charge < -0.3 is 40.5 Å². The van der Waals surface area contributed by atoms with E-state index in [-0.39, 0.29) is 43.9 Å². The van der Waals surface area contributed by atoms with Gasteiger partial charge in [-0.1, -0.05) is 66.0 Å². The molecule has 4 aromatic carbocycles. The van der Waals surface area contributed by atoms with Crippen molar-refractivity contribution >= 4 is 95.1 Å². The second kappa shape index (κ2) is 26.0. The fourth-order valence-corrected chi connectivity index (χ4v) is 11.2. The summed E-state index contributed by atoms with van der Waals surface area (Å²) < 4.78 is 62.5. The molecule has 0 unspecified atom stereocenters. The topological polar surface area (TPSA) is 210 Å². The summed E-state index contributed by atoms with van der Waals surface area (Å²) in [5.74, 6) is 2.40. The Bertz CT molecular complexity index is 3150. The zero-order valence-electron chi connectivity index (χ0n) is 43.2. The molecule has 0 bridgehead atoms. The van der Waals surface area contributed by atoms with Gasteiger partial charge in [0, 0.05) is 19.6 Å². The van der Waals surface area contributed by atoms with Gasteiger partial charge >= 0.3 is 0 Å². The minimum absolute atomic E-state index is 0.102. The highest BCUT2D eigenvalue weighted by Gasteiger charge is 2.25. The number of piperidine rings is 2. The number of likely N-dealkylation sites (tertiary alicyclic amines) is 2. The lowest BCUT2D eigenvalue weighted by molar-refractivity contribution is -0.131. The fraction of sp³-hybridized carbons (Fsp3) is 0.389. The zero-order valence-corrected chi connectivity index (χ0v) is 46.3. The normalized spacial score (nSPS) is 14.2. The van der Waals surface area contributed by atoms with Crippen LogP contribution in [-0.4, -0.2) is 110 Å². The number of halogens is 2. The van der Waals surface area contributed by atoms with Crippen molar-refractivity contribution in [2.75, 3.05) is 68.2 Å². The molecule has 2 saturated heterocycles. The van der Waals surface area contributed by atoms with Gasteiger partial charge in [-0.2, -0.15) is 9.97 Å². The Morgan fingerprint density at radius 1 is 0.587 bits per heavy atom. The SMILES string of the molecule is COc1ccc(CC(=O)N2CCCCC2)cc1Nc1ncc(Cl)c(Nc2ccccc2S(=O)(=O)C(C)C)n1.COc1ccc(CCN2CCCCC2)cc1Nc1ncc(Cl)c(Nc2ccccc2S(=O)(=O)C(C)C)n1. The van der Waals surface area contributed by atoms with Gasteiger partial charge in [0.05, 0.1) is 76.1 Å². The number of carbonyl (C=O) groups is 1. The molecule has 4 N–H and O–H groups in total. The largest absolute Gasteiger partial charge is 0.495 e. The van der Waals surface area contributed by atoms with E-state index in [0.29, 0.717) is 40.3 Å². The molecule has 8 rings (SSSR count). The number of hydrogen-bond acceptors (Lipinski definition) is 16. The third-order valence-electron chi connectivity index (χ3n) is 12.9. The number of benzene rings is 4. The molecule has 0 aliphatic carbocycles. The summed E-state index contributed by atoms with van der Waals surface area (Å²) >= 11 is 12.7. The van der Waals surface area contributed by atoms with Gasteiger partial charge in [-0.05, 0) is 139 Å². The van der Waals surface area contributed by atoms with Gasteiger partial charge in [-0.3, -0.25) is 4.79 Å². The van der Waals surface area contributed by atoms with Crippen molar-refractivity contribution in [3.05, 3.63) is 118 Å². The van der Waals surface area contributed by atoms with Crippen LogP contribution in [-0.2, 0) is 37.3 Å². The van der Waals surface area contributed by atoms with E-state index in [2.05, 4.69) is 58.2 Å². The number of para-hydroxylation sites is 2. The van der Waals surface area contributed by atoms with E-state index >= 15 is 0 Å². The van der Waals surface area contributed by atoms with Crippen molar-refractivity contribution in [1.82, 2.24) is 29.7 Å². The Labute approximate surface area is 451 Å². The minimum Gasteiger partial charge on any atom is -0.495 e. The average Bonchev–Trinajstić information content (AvgIpc) is 3.41. The molecule has 0 spiro atoms. The summed E-state index contributed by atoms with van der Waals surface area (Å²) in [6.45, 7) is 11.5. The molecule has 0 radical (unpaired) electrons. The van der Waals surface area contributed by atoms with E-state index in [1.165, 1.54) is 37.2 Å². The highest BCUT2D eigenvalue weighted by molar-refractivity contribution is 7.92. The first-order valence-corrected chi connectivity index (χ1v) is 28.9. The molecule has 1 amide bonds. The van der Waals surface area contributed by atoms with Crippen molar-refractivity contribution in [2.45, 2.75) is 99.4 Å². The van der Waals surface area contributed by atoms with Crippen LogP contribution in [0.15, 0.2) is 107 Å².